The van der Waals surface area contributed by atoms with Crippen molar-refractivity contribution in [3.63, 3.8) is 0 Å². The Kier molecular flexibility index (Phi) is 6.15. The van der Waals surface area contributed by atoms with Gasteiger partial charge in [-0.3, -0.25) is 0 Å². The van der Waals surface area contributed by atoms with Crippen LogP contribution in [0.15, 0.2) is 18.2 Å². The molecule has 0 radical (unpaired) electrons. The highest BCUT2D eigenvalue weighted by molar-refractivity contribution is 5.43. The minimum Gasteiger partial charge on any atom is -0.490 e. The zero-order valence-electron chi connectivity index (χ0n) is 12.5. The second-order valence-corrected chi connectivity index (χ2v) is 4.91. The van der Waals surface area contributed by atoms with E-state index in [0.29, 0.717) is 32.5 Å². The molecule has 0 aliphatic heterocycles. The van der Waals surface area contributed by atoms with Crippen molar-refractivity contribution in [3.8, 4) is 11.5 Å². The van der Waals surface area contributed by atoms with E-state index < -0.39 is 0 Å². The van der Waals surface area contributed by atoms with Crippen molar-refractivity contribution in [1.29, 1.82) is 0 Å². The number of ether oxygens (including phenoxy) is 3. The lowest BCUT2D eigenvalue weighted by atomic mass is 10.2. The van der Waals surface area contributed by atoms with Crippen molar-refractivity contribution in [2.45, 2.75) is 39.3 Å². The Bertz CT molecular complexity index is 405. The first-order chi connectivity index (χ1) is 9.83. The van der Waals surface area contributed by atoms with Crippen molar-refractivity contribution >= 4 is 0 Å². The van der Waals surface area contributed by atoms with Crippen LogP contribution in [0, 0.1) is 0 Å². The summed E-state index contributed by atoms with van der Waals surface area (Å²) in [6.07, 6.45) is 2.61. The molecule has 0 unspecified atom stereocenters. The van der Waals surface area contributed by atoms with Crippen LogP contribution in [0.1, 0.15) is 32.3 Å². The summed E-state index contributed by atoms with van der Waals surface area (Å²) in [6, 6.07) is 6.86. The first-order valence-electron chi connectivity index (χ1n) is 7.53. The topological polar surface area (TPSA) is 39.7 Å². The fraction of sp³-hybridized carbons (Fsp3) is 0.625. The third-order valence-corrected chi connectivity index (χ3v) is 3.17. The second-order valence-electron chi connectivity index (χ2n) is 4.91. The van der Waals surface area contributed by atoms with E-state index >= 15 is 0 Å². The maximum absolute atomic E-state index is 5.71. The largest absolute Gasteiger partial charge is 0.490 e. The molecule has 0 bridgehead atoms. The van der Waals surface area contributed by atoms with E-state index in [9.17, 15) is 0 Å². The van der Waals surface area contributed by atoms with Gasteiger partial charge in [0.25, 0.3) is 0 Å². The van der Waals surface area contributed by atoms with Gasteiger partial charge >= 0.3 is 0 Å². The highest BCUT2D eigenvalue weighted by atomic mass is 16.5. The van der Waals surface area contributed by atoms with Gasteiger partial charge in [-0.1, -0.05) is 6.07 Å². The van der Waals surface area contributed by atoms with Gasteiger partial charge in [0, 0.05) is 19.2 Å². The van der Waals surface area contributed by atoms with E-state index in [4.69, 9.17) is 14.2 Å². The van der Waals surface area contributed by atoms with E-state index in [1.807, 2.05) is 19.9 Å². The van der Waals surface area contributed by atoms with E-state index in [1.165, 1.54) is 18.4 Å². The zero-order chi connectivity index (χ0) is 14.2. The van der Waals surface area contributed by atoms with Gasteiger partial charge in [0.05, 0.1) is 13.2 Å². The maximum atomic E-state index is 5.71. The first-order valence-corrected chi connectivity index (χ1v) is 7.53. The third-order valence-electron chi connectivity index (χ3n) is 3.17. The van der Waals surface area contributed by atoms with Crippen LogP contribution in [0.3, 0.4) is 0 Å². The molecular formula is C16H25NO3. The summed E-state index contributed by atoms with van der Waals surface area (Å²) >= 11 is 0. The molecule has 4 nitrogen and oxygen atoms in total. The molecule has 1 aromatic rings. The van der Waals surface area contributed by atoms with Crippen molar-refractivity contribution in [2.75, 3.05) is 26.4 Å². The fourth-order valence-corrected chi connectivity index (χ4v) is 1.95. The van der Waals surface area contributed by atoms with Crippen LogP contribution in [0.25, 0.3) is 0 Å². The summed E-state index contributed by atoms with van der Waals surface area (Å²) in [6.45, 7) is 7.37. The Balaban J connectivity index is 1.90. The summed E-state index contributed by atoms with van der Waals surface area (Å²) in [4.78, 5) is 0. The average Bonchev–Trinajstić information content (AvgIpc) is 3.27. The van der Waals surface area contributed by atoms with Crippen LogP contribution < -0.4 is 14.8 Å². The molecule has 1 fully saturated rings. The normalized spacial score (nSPS) is 14.3. The van der Waals surface area contributed by atoms with Crippen molar-refractivity contribution in [3.05, 3.63) is 23.8 Å². The van der Waals surface area contributed by atoms with Crippen molar-refractivity contribution < 1.29 is 14.2 Å². The molecule has 1 aliphatic carbocycles. The van der Waals surface area contributed by atoms with Gasteiger partial charge in [-0.15, -0.1) is 0 Å². The summed E-state index contributed by atoms with van der Waals surface area (Å²) in [5, 5.41) is 3.51. The lowest BCUT2D eigenvalue weighted by Gasteiger charge is -2.13. The second kappa shape index (κ2) is 8.12. The summed E-state index contributed by atoms with van der Waals surface area (Å²) in [5.41, 5.74) is 1.23. The van der Waals surface area contributed by atoms with Gasteiger partial charge in [0.2, 0.25) is 0 Å². The Labute approximate surface area is 121 Å². The van der Waals surface area contributed by atoms with Crippen molar-refractivity contribution in [2.24, 2.45) is 0 Å². The smallest absolute Gasteiger partial charge is 0.161 e. The molecule has 20 heavy (non-hydrogen) atoms. The monoisotopic (exact) mass is 279 g/mol. The highest BCUT2D eigenvalue weighted by Gasteiger charge is 2.20. The van der Waals surface area contributed by atoms with E-state index in [-0.39, 0.29) is 0 Å². The number of hydrogen-bond donors (Lipinski definition) is 1. The van der Waals surface area contributed by atoms with Crippen LogP contribution in [-0.4, -0.2) is 32.5 Å². The summed E-state index contributed by atoms with van der Waals surface area (Å²) in [5.74, 6) is 1.61. The van der Waals surface area contributed by atoms with Gasteiger partial charge in [-0.2, -0.15) is 0 Å². The summed E-state index contributed by atoms with van der Waals surface area (Å²) in [7, 11) is 0. The van der Waals surface area contributed by atoms with Crippen LogP contribution in [0.5, 0.6) is 11.5 Å². The number of hydrogen-bond acceptors (Lipinski definition) is 4. The van der Waals surface area contributed by atoms with Crippen LogP contribution in [0.4, 0.5) is 0 Å². The van der Waals surface area contributed by atoms with Crippen LogP contribution >= 0.6 is 0 Å². The third kappa shape index (κ3) is 5.02. The lowest BCUT2D eigenvalue weighted by Crippen LogP contribution is -2.15. The number of benzene rings is 1. The predicted octanol–water partition coefficient (Wildman–Crippen LogP) is 2.75. The minimum absolute atomic E-state index is 0.549. The van der Waals surface area contributed by atoms with E-state index in [1.54, 1.807) is 0 Å². The maximum Gasteiger partial charge on any atom is 0.161 e. The zero-order valence-corrected chi connectivity index (χ0v) is 12.5. The Morgan fingerprint density at radius 2 is 1.90 bits per heavy atom. The molecule has 1 N–H and O–H groups in total. The molecule has 0 heterocycles. The van der Waals surface area contributed by atoms with E-state index in [0.717, 1.165) is 18.0 Å². The Morgan fingerprint density at radius 3 is 2.60 bits per heavy atom. The number of nitrogens with one attached hydrogen (secondary N) is 1. The van der Waals surface area contributed by atoms with Crippen LogP contribution in [0.2, 0.25) is 0 Å². The van der Waals surface area contributed by atoms with Crippen molar-refractivity contribution in [1.82, 2.24) is 5.32 Å². The minimum atomic E-state index is 0.549. The van der Waals surface area contributed by atoms with Gasteiger partial charge < -0.3 is 19.5 Å². The molecule has 0 spiro atoms. The van der Waals surface area contributed by atoms with Gasteiger partial charge in [-0.05, 0) is 44.4 Å². The molecule has 2 rings (SSSR count). The molecule has 1 aromatic carbocycles. The predicted molar refractivity (Wildman–Crippen MR) is 79.5 cm³/mol. The first kappa shape index (κ1) is 15.1. The Morgan fingerprint density at radius 1 is 1.05 bits per heavy atom. The van der Waals surface area contributed by atoms with Gasteiger partial charge in [0.1, 0.15) is 6.61 Å². The molecule has 112 valence electrons. The molecule has 0 atom stereocenters. The van der Waals surface area contributed by atoms with E-state index in [2.05, 4.69) is 17.4 Å². The highest BCUT2D eigenvalue weighted by Crippen LogP contribution is 2.29. The molecule has 1 aliphatic rings. The molecule has 4 heteroatoms. The molecule has 1 saturated carbocycles. The number of rotatable bonds is 10. The molecular weight excluding hydrogens is 254 g/mol. The Hall–Kier alpha value is -1.26. The summed E-state index contributed by atoms with van der Waals surface area (Å²) < 4.78 is 16.7. The molecule has 0 saturated heterocycles. The molecule has 0 amide bonds. The fourth-order valence-electron chi connectivity index (χ4n) is 1.95. The lowest BCUT2D eigenvalue weighted by molar-refractivity contribution is 0.108. The van der Waals surface area contributed by atoms with Gasteiger partial charge in [0.15, 0.2) is 11.5 Å². The average molecular weight is 279 g/mol. The van der Waals surface area contributed by atoms with Crippen LogP contribution in [-0.2, 0) is 11.3 Å². The SMILES string of the molecule is CCOCCOc1ccc(CNC2CC2)cc1OCC. The van der Waals surface area contributed by atoms with Gasteiger partial charge in [-0.25, -0.2) is 0 Å². The standard InChI is InChI=1S/C16H25NO3/c1-3-18-9-10-20-15-8-5-13(11-16(15)19-4-2)12-17-14-6-7-14/h5,8,11,14,17H,3-4,6-7,9-10,12H2,1-2H3. The molecule has 0 aromatic heterocycles. The quantitative estimate of drug-likeness (QED) is 0.669.